The maximum atomic E-state index is 11.9. The molecule has 3 N–H and O–H groups in total. The number of hydrogen-bond acceptors (Lipinski definition) is 2. The van der Waals surface area contributed by atoms with Crippen LogP contribution in [0.5, 0.6) is 0 Å². The molecule has 0 atom stereocenters. The van der Waals surface area contributed by atoms with E-state index in [0.717, 1.165) is 38.8 Å². The summed E-state index contributed by atoms with van der Waals surface area (Å²) in [6.07, 6.45) is 4.26. The first-order valence-electron chi connectivity index (χ1n) is 8.62. The van der Waals surface area contributed by atoms with Gasteiger partial charge in [-0.1, -0.05) is 37.3 Å². The number of benzene rings is 1. The van der Waals surface area contributed by atoms with Gasteiger partial charge < -0.3 is 10.2 Å². The molecule has 1 saturated heterocycles. The van der Waals surface area contributed by atoms with Crippen molar-refractivity contribution >= 4 is 11.9 Å². The van der Waals surface area contributed by atoms with Crippen molar-refractivity contribution in [2.24, 2.45) is 5.92 Å². The number of piperidine rings is 1. The minimum absolute atomic E-state index is 0.185. The fourth-order valence-corrected chi connectivity index (χ4v) is 3.09. The van der Waals surface area contributed by atoms with Crippen LogP contribution >= 0.6 is 0 Å². The molecular formula is C18H28N3O2+. The third-order valence-corrected chi connectivity index (χ3v) is 4.38. The summed E-state index contributed by atoms with van der Waals surface area (Å²) in [6.45, 7) is 4.96. The number of likely N-dealkylation sites (tertiary alicyclic amines) is 1. The van der Waals surface area contributed by atoms with Crippen molar-refractivity contribution in [3.63, 3.8) is 0 Å². The molecular weight excluding hydrogens is 290 g/mol. The Labute approximate surface area is 138 Å². The Hall–Kier alpha value is -1.88. The molecule has 5 nitrogen and oxygen atoms in total. The van der Waals surface area contributed by atoms with Gasteiger partial charge in [0, 0.05) is 6.54 Å². The Morgan fingerprint density at radius 1 is 1.17 bits per heavy atom. The molecule has 0 spiro atoms. The van der Waals surface area contributed by atoms with Gasteiger partial charge in [-0.15, -0.1) is 0 Å². The molecule has 0 unspecified atom stereocenters. The number of amides is 3. The van der Waals surface area contributed by atoms with Gasteiger partial charge in [0.2, 0.25) is 0 Å². The lowest BCUT2D eigenvalue weighted by Crippen LogP contribution is -3.14. The fourth-order valence-electron chi connectivity index (χ4n) is 3.09. The van der Waals surface area contributed by atoms with Gasteiger partial charge in [-0.05, 0) is 37.2 Å². The lowest BCUT2D eigenvalue weighted by atomic mass is 9.90. The van der Waals surface area contributed by atoms with E-state index in [0.29, 0.717) is 19.0 Å². The predicted molar refractivity (Wildman–Crippen MR) is 90.3 cm³/mol. The van der Waals surface area contributed by atoms with Gasteiger partial charge in [-0.2, -0.15) is 0 Å². The van der Waals surface area contributed by atoms with E-state index >= 15 is 0 Å². The van der Waals surface area contributed by atoms with Crippen LogP contribution in [0.3, 0.4) is 0 Å². The molecule has 1 aliphatic heterocycles. The van der Waals surface area contributed by atoms with E-state index in [1.807, 2.05) is 13.0 Å². The second kappa shape index (κ2) is 9.30. The van der Waals surface area contributed by atoms with Crippen molar-refractivity contribution < 1.29 is 14.5 Å². The van der Waals surface area contributed by atoms with Crippen molar-refractivity contribution in [1.82, 2.24) is 10.6 Å². The molecule has 0 aliphatic carbocycles. The Balaban J connectivity index is 1.66. The fraction of sp³-hybridized carbons (Fsp3) is 0.556. The lowest BCUT2D eigenvalue weighted by Gasteiger charge is -2.28. The average Bonchev–Trinajstić information content (AvgIpc) is 2.55. The highest BCUT2D eigenvalue weighted by atomic mass is 16.2. The van der Waals surface area contributed by atoms with Crippen molar-refractivity contribution in [1.29, 1.82) is 0 Å². The Morgan fingerprint density at radius 2 is 1.87 bits per heavy atom. The van der Waals surface area contributed by atoms with E-state index in [4.69, 9.17) is 0 Å². The van der Waals surface area contributed by atoms with Crippen LogP contribution in [0.4, 0.5) is 4.79 Å². The summed E-state index contributed by atoms with van der Waals surface area (Å²) in [7, 11) is 0. The van der Waals surface area contributed by atoms with Crippen LogP contribution in [0.1, 0.15) is 31.7 Å². The van der Waals surface area contributed by atoms with E-state index < -0.39 is 0 Å². The summed E-state index contributed by atoms with van der Waals surface area (Å²) in [5.41, 5.74) is 1.39. The predicted octanol–water partition coefficient (Wildman–Crippen LogP) is 0.760. The van der Waals surface area contributed by atoms with E-state index in [1.165, 1.54) is 10.5 Å². The molecule has 2 rings (SSSR count). The largest absolute Gasteiger partial charge is 0.338 e. The zero-order valence-corrected chi connectivity index (χ0v) is 13.9. The van der Waals surface area contributed by atoms with Crippen LogP contribution in [0.2, 0.25) is 0 Å². The number of carbonyl (C=O) groups is 2. The quantitative estimate of drug-likeness (QED) is 0.725. The molecule has 0 saturated carbocycles. The van der Waals surface area contributed by atoms with Crippen LogP contribution in [0, 0.1) is 5.92 Å². The summed E-state index contributed by atoms with van der Waals surface area (Å²) in [6, 6.07) is 10.2. The standard InChI is InChI=1S/C18H27N3O2/c1-2-10-19-18(23)20-17(22)14-21-11-8-16(9-12-21)13-15-6-4-3-5-7-15/h3-7,16H,2,8-14H2,1H3,(H2,19,20,22,23)/p+1. The van der Waals surface area contributed by atoms with E-state index in [-0.39, 0.29) is 11.9 Å². The third kappa shape index (κ3) is 6.40. The number of rotatable bonds is 6. The second-order valence-corrected chi connectivity index (χ2v) is 6.36. The molecule has 1 fully saturated rings. The third-order valence-electron chi connectivity index (χ3n) is 4.38. The molecule has 1 aromatic carbocycles. The van der Waals surface area contributed by atoms with Crippen molar-refractivity contribution in [2.75, 3.05) is 26.2 Å². The number of carbonyl (C=O) groups excluding carboxylic acids is 2. The molecule has 1 heterocycles. The first-order valence-corrected chi connectivity index (χ1v) is 8.62. The lowest BCUT2D eigenvalue weighted by molar-refractivity contribution is -0.898. The first kappa shape index (κ1) is 17.5. The van der Waals surface area contributed by atoms with Crippen LogP contribution in [0.15, 0.2) is 30.3 Å². The van der Waals surface area contributed by atoms with Gasteiger partial charge >= 0.3 is 6.03 Å². The van der Waals surface area contributed by atoms with Crippen LogP contribution in [-0.4, -0.2) is 38.1 Å². The van der Waals surface area contributed by atoms with Crippen molar-refractivity contribution in [3.05, 3.63) is 35.9 Å². The highest BCUT2D eigenvalue weighted by molar-refractivity contribution is 5.94. The molecule has 1 aromatic rings. The van der Waals surface area contributed by atoms with Crippen LogP contribution < -0.4 is 15.5 Å². The highest BCUT2D eigenvalue weighted by Gasteiger charge is 2.24. The van der Waals surface area contributed by atoms with E-state index in [1.54, 1.807) is 0 Å². The summed E-state index contributed by atoms with van der Waals surface area (Å²) in [4.78, 5) is 24.6. The number of nitrogens with one attached hydrogen (secondary N) is 3. The first-order chi connectivity index (χ1) is 11.2. The molecule has 5 heteroatoms. The minimum atomic E-state index is -0.379. The average molecular weight is 318 g/mol. The summed E-state index contributed by atoms with van der Waals surface area (Å²) in [5, 5.41) is 5.06. The van der Waals surface area contributed by atoms with Crippen LogP contribution in [-0.2, 0) is 11.2 Å². The maximum Gasteiger partial charge on any atom is 0.321 e. The molecule has 0 radical (unpaired) electrons. The molecule has 3 amide bonds. The Kier molecular flexibility index (Phi) is 7.07. The van der Waals surface area contributed by atoms with Gasteiger partial charge in [0.25, 0.3) is 5.91 Å². The molecule has 126 valence electrons. The van der Waals surface area contributed by atoms with Gasteiger partial charge in [-0.25, -0.2) is 4.79 Å². The molecule has 23 heavy (non-hydrogen) atoms. The van der Waals surface area contributed by atoms with Crippen LogP contribution in [0.25, 0.3) is 0 Å². The number of hydrogen-bond donors (Lipinski definition) is 3. The number of imide groups is 1. The van der Waals surface area contributed by atoms with Gasteiger partial charge in [-0.3, -0.25) is 10.1 Å². The topological polar surface area (TPSA) is 62.6 Å². The Bertz CT molecular complexity index is 496. The van der Waals surface area contributed by atoms with Gasteiger partial charge in [0.1, 0.15) is 0 Å². The molecule has 1 aliphatic rings. The SMILES string of the molecule is CCCNC(=O)NC(=O)C[NH+]1CCC(Cc2ccccc2)CC1. The second-order valence-electron chi connectivity index (χ2n) is 6.36. The summed E-state index contributed by atoms with van der Waals surface area (Å²) in [5.74, 6) is 0.521. The van der Waals surface area contributed by atoms with E-state index in [9.17, 15) is 9.59 Å². The number of urea groups is 1. The van der Waals surface area contributed by atoms with Crippen molar-refractivity contribution in [2.45, 2.75) is 32.6 Å². The highest BCUT2D eigenvalue weighted by Crippen LogP contribution is 2.16. The summed E-state index contributed by atoms with van der Waals surface area (Å²) < 4.78 is 0. The smallest absolute Gasteiger partial charge is 0.321 e. The van der Waals surface area contributed by atoms with E-state index in [2.05, 4.69) is 34.9 Å². The van der Waals surface area contributed by atoms with Gasteiger partial charge in [0.05, 0.1) is 13.1 Å². The normalized spacial score (nSPS) is 20.7. The summed E-state index contributed by atoms with van der Waals surface area (Å²) >= 11 is 0. The van der Waals surface area contributed by atoms with Gasteiger partial charge in [0.15, 0.2) is 6.54 Å². The Morgan fingerprint density at radius 3 is 2.52 bits per heavy atom. The zero-order chi connectivity index (χ0) is 16.5. The number of quaternary nitrogens is 1. The molecule has 0 bridgehead atoms. The van der Waals surface area contributed by atoms with Crippen molar-refractivity contribution in [3.8, 4) is 0 Å². The monoisotopic (exact) mass is 318 g/mol. The minimum Gasteiger partial charge on any atom is -0.338 e. The molecule has 0 aromatic heterocycles. The maximum absolute atomic E-state index is 11.9. The zero-order valence-electron chi connectivity index (χ0n) is 13.9.